The second-order valence-corrected chi connectivity index (χ2v) is 11.7. The van der Waals surface area contributed by atoms with Gasteiger partial charge in [-0.05, 0) is 79.5 Å². The maximum Gasteiger partial charge on any atom is 0.171 e. The molecule has 1 aliphatic heterocycles. The zero-order valence-corrected chi connectivity index (χ0v) is 22.8. The molecule has 2 aromatic carbocycles. The van der Waals surface area contributed by atoms with Gasteiger partial charge < -0.3 is 15.0 Å². The summed E-state index contributed by atoms with van der Waals surface area (Å²) >= 11 is 6.69. The lowest BCUT2D eigenvalue weighted by molar-refractivity contribution is -0.134. The molecule has 38 heavy (non-hydrogen) atoms. The first-order valence-electron chi connectivity index (χ1n) is 13.5. The summed E-state index contributed by atoms with van der Waals surface area (Å²) in [6.07, 6.45) is 5.99. The van der Waals surface area contributed by atoms with Crippen LogP contribution < -0.4 is 5.32 Å². The van der Waals surface area contributed by atoms with Crippen LogP contribution >= 0.6 is 11.6 Å². The summed E-state index contributed by atoms with van der Waals surface area (Å²) in [6.45, 7) is 2.94. The van der Waals surface area contributed by atoms with Crippen molar-refractivity contribution >= 4 is 29.6 Å². The zero-order chi connectivity index (χ0) is 27.0. The van der Waals surface area contributed by atoms with Gasteiger partial charge in [-0.3, -0.25) is 15.6 Å². The second kappa shape index (κ2) is 10.9. The van der Waals surface area contributed by atoms with Crippen LogP contribution in [0.3, 0.4) is 0 Å². The molecule has 0 radical (unpaired) electrons. The van der Waals surface area contributed by atoms with Gasteiger partial charge in [-0.15, -0.1) is 0 Å². The molecule has 2 fully saturated rings. The molecule has 1 saturated carbocycles. The normalized spacial score (nSPS) is 21.7. The Kier molecular flexibility index (Phi) is 7.72. The van der Waals surface area contributed by atoms with Crippen LogP contribution in [0.4, 0.5) is 4.39 Å². The maximum atomic E-state index is 15.6. The van der Waals surface area contributed by atoms with Crippen molar-refractivity contribution in [2.45, 2.75) is 56.7 Å². The van der Waals surface area contributed by atoms with E-state index in [9.17, 15) is 4.79 Å². The van der Waals surface area contributed by atoms with Crippen LogP contribution in [0, 0.1) is 22.7 Å². The Labute approximate surface area is 228 Å². The lowest BCUT2D eigenvalue weighted by Crippen LogP contribution is -2.54. The fourth-order valence-corrected chi connectivity index (χ4v) is 6.14. The average Bonchev–Trinajstić information content (AvgIpc) is 3.17. The third kappa shape index (κ3) is 5.16. The first-order valence-corrected chi connectivity index (χ1v) is 13.8. The molecule has 0 bridgehead atoms. The van der Waals surface area contributed by atoms with Crippen molar-refractivity contribution in [2.24, 2.45) is 11.8 Å². The maximum absolute atomic E-state index is 15.6. The molecule has 0 aromatic heterocycles. The number of halogens is 2. The first-order chi connectivity index (χ1) is 18.2. The molecule has 6 nitrogen and oxygen atoms in total. The summed E-state index contributed by atoms with van der Waals surface area (Å²) in [6, 6.07) is 11.6. The number of likely N-dealkylation sites (N-methyl/N-ethyl adjacent to an activating group) is 1. The standard InChI is InChI=1S/C30H36ClFN4O2/c1-18(35-14-19-5-3-6-19)22-11-25-24(26(31)13-22)12-23(28(25)37)10-20-7-4-8-21(9-20)27(29(34)36(2)17-33)30(32)15-38-16-30/h4,7-9,11,13,17-19,23,27,33-35H,3,5-6,10,12,14-16H2,1-2H3/t18-,23?,27+/m0/s1. The van der Waals surface area contributed by atoms with E-state index in [0.29, 0.717) is 29.0 Å². The van der Waals surface area contributed by atoms with Crippen LogP contribution in [-0.4, -0.2) is 55.3 Å². The van der Waals surface area contributed by atoms with Gasteiger partial charge >= 0.3 is 0 Å². The van der Waals surface area contributed by atoms with E-state index >= 15 is 4.39 Å². The van der Waals surface area contributed by atoms with Crippen molar-refractivity contribution in [2.75, 3.05) is 26.8 Å². The van der Waals surface area contributed by atoms with Gasteiger partial charge in [-0.25, -0.2) is 4.39 Å². The van der Waals surface area contributed by atoms with Gasteiger partial charge in [0.15, 0.2) is 11.5 Å². The molecule has 0 spiro atoms. The van der Waals surface area contributed by atoms with Gasteiger partial charge in [0.25, 0.3) is 0 Å². The number of carbonyl (C=O) groups excluding carboxylic acids is 1. The lowest BCUT2D eigenvalue weighted by atomic mass is 9.79. The van der Waals surface area contributed by atoms with E-state index in [0.717, 1.165) is 35.5 Å². The molecule has 3 atom stereocenters. The SMILES string of the molecule is C[C@H](NCC1CCC1)c1cc(Cl)c2c(c1)C(=O)C(Cc1cccc([C@H](C(=N)N(C)C=N)C3(F)COC3)c1)C2. The number of rotatable bonds is 10. The molecule has 1 heterocycles. The quantitative estimate of drug-likeness (QED) is 0.266. The zero-order valence-electron chi connectivity index (χ0n) is 22.0. The van der Waals surface area contributed by atoms with Gasteiger partial charge in [-0.2, -0.15) is 0 Å². The fraction of sp³-hybridized carbons (Fsp3) is 0.500. The van der Waals surface area contributed by atoms with Crippen LogP contribution in [0.5, 0.6) is 0 Å². The van der Waals surface area contributed by atoms with Crippen LogP contribution in [0.15, 0.2) is 36.4 Å². The summed E-state index contributed by atoms with van der Waals surface area (Å²) in [5.41, 5.74) is 2.54. The van der Waals surface area contributed by atoms with E-state index in [1.165, 1.54) is 24.2 Å². The minimum Gasteiger partial charge on any atom is -0.375 e. The van der Waals surface area contributed by atoms with Crippen molar-refractivity contribution in [3.8, 4) is 0 Å². The minimum atomic E-state index is -1.69. The number of carbonyl (C=O) groups is 1. The van der Waals surface area contributed by atoms with Gasteiger partial charge in [-0.1, -0.05) is 42.3 Å². The highest BCUT2D eigenvalue weighted by molar-refractivity contribution is 6.32. The predicted octanol–water partition coefficient (Wildman–Crippen LogP) is 5.73. The first kappa shape index (κ1) is 27.0. The number of hydrogen-bond donors (Lipinski definition) is 3. The van der Waals surface area contributed by atoms with Crippen LogP contribution in [0.1, 0.15) is 70.8 Å². The Bertz CT molecular complexity index is 1240. The smallest absolute Gasteiger partial charge is 0.171 e. The van der Waals surface area contributed by atoms with Crippen molar-refractivity contribution in [1.82, 2.24) is 10.2 Å². The van der Waals surface area contributed by atoms with E-state index in [1.807, 2.05) is 36.4 Å². The minimum absolute atomic E-state index is 0.00615. The highest BCUT2D eigenvalue weighted by atomic mass is 35.5. The molecule has 1 saturated heterocycles. The number of hydrogen-bond acceptors (Lipinski definition) is 5. The van der Waals surface area contributed by atoms with Crippen molar-refractivity contribution in [3.05, 3.63) is 69.2 Å². The lowest BCUT2D eigenvalue weighted by Gasteiger charge is -2.41. The van der Waals surface area contributed by atoms with Crippen molar-refractivity contribution in [3.63, 3.8) is 0 Å². The average molecular weight is 539 g/mol. The summed E-state index contributed by atoms with van der Waals surface area (Å²) in [5, 5.41) is 20.3. The monoisotopic (exact) mass is 538 g/mol. The number of Topliss-reactive ketones (excluding diaryl/α,β-unsaturated/α-hetero) is 1. The summed E-state index contributed by atoms with van der Waals surface area (Å²) < 4.78 is 20.8. The summed E-state index contributed by atoms with van der Waals surface area (Å²) in [7, 11) is 1.57. The topological polar surface area (TPSA) is 89.3 Å². The fourth-order valence-electron chi connectivity index (χ4n) is 5.84. The molecule has 2 aromatic rings. The highest BCUT2D eigenvalue weighted by Crippen LogP contribution is 2.41. The third-order valence-corrected chi connectivity index (χ3v) is 8.89. The summed E-state index contributed by atoms with van der Waals surface area (Å²) in [5.74, 6) is -0.235. The summed E-state index contributed by atoms with van der Waals surface area (Å²) in [4.78, 5) is 14.8. The van der Waals surface area contributed by atoms with E-state index in [4.69, 9.17) is 27.2 Å². The molecule has 5 rings (SSSR count). The number of ketones is 1. The van der Waals surface area contributed by atoms with E-state index in [2.05, 4.69) is 12.2 Å². The molecule has 202 valence electrons. The van der Waals surface area contributed by atoms with E-state index in [1.54, 1.807) is 7.05 Å². The Morgan fingerprint density at radius 1 is 1.29 bits per heavy atom. The van der Waals surface area contributed by atoms with Gasteiger partial charge in [0.05, 0.1) is 25.5 Å². The molecule has 3 aliphatic rings. The number of nitrogens with zero attached hydrogens (tertiary/aromatic N) is 1. The Morgan fingerprint density at radius 2 is 2.05 bits per heavy atom. The van der Waals surface area contributed by atoms with Gasteiger partial charge in [0, 0.05) is 29.6 Å². The van der Waals surface area contributed by atoms with Crippen molar-refractivity contribution in [1.29, 1.82) is 10.8 Å². The third-order valence-electron chi connectivity index (χ3n) is 8.56. The molecule has 0 amide bonds. The molecule has 2 aliphatic carbocycles. The molecule has 1 unspecified atom stereocenters. The Balaban J connectivity index is 1.33. The number of fused-ring (bicyclic) bond motifs is 1. The number of alkyl halides is 1. The second-order valence-electron chi connectivity index (χ2n) is 11.3. The van der Waals surface area contributed by atoms with Crippen molar-refractivity contribution < 1.29 is 13.9 Å². The molecule has 8 heteroatoms. The van der Waals surface area contributed by atoms with Crippen LogP contribution in [0.2, 0.25) is 5.02 Å². The van der Waals surface area contributed by atoms with Gasteiger partial charge in [0.2, 0.25) is 0 Å². The van der Waals surface area contributed by atoms with Gasteiger partial charge in [0.1, 0.15) is 5.84 Å². The predicted molar refractivity (Wildman–Crippen MR) is 149 cm³/mol. The number of nitrogens with one attached hydrogen (secondary N) is 3. The van der Waals surface area contributed by atoms with Crippen LogP contribution in [0.25, 0.3) is 0 Å². The Hall–Kier alpha value is -2.61. The number of benzene rings is 2. The molecular formula is C30H36ClFN4O2. The number of amidine groups is 1. The van der Waals surface area contributed by atoms with E-state index < -0.39 is 11.6 Å². The molecule has 3 N–H and O–H groups in total. The molecular weight excluding hydrogens is 503 g/mol. The number of ether oxygens (including phenoxy) is 1. The van der Waals surface area contributed by atoms with Crippen LogP contribution in [-0.2, 0) is 17.6 Å². The Morgan fingerprint density at radius 3 is 2.68 bits per heavy atom. The van der Waals surface area contributed by atoms with E-state index in [-0.39, 0.29) is 36.8 Å². The highest BCUT2D eigenvalue weighted by Gasteiger charge is 2.50. The largest absolute Gasteiger partial charge is 0.375 e.